The third-order valence-electron chi connectivity index (χ3n) is 7.13. The molecule has 5 rings (SSSR count). The highest BCUT2D eigenvalue weighted by molar-refractivity contribution is 5.95. The van der Waals surface area contributed by atoms with E-state index in [1.807, 2.05) is 25.1 Å². The minimum absolute atomic E-state index is 0.163. The fourth-order valence-electron chi connectivity index (χ4n) is 4.90. The number of aliphatic hydroxyl groups excluding tert-OH is 1. The highest BCUT2D eigenvalue weighted by atomic mass is 16.7. The first-order chi connectivity index (χ1) is 22.8. The Kier molecular flexibility index (Phi) is 10.5. The summed E-state index contributed by atoms with van der Waals surface area (Å²) in [6.45, 7) is 4.11. The molecule has 0 radical (unpaired) electrons. The van der Waals surface area contributed by atoms with Gasteiger partial charge in [0.1, 0.15) is 13.2 Å². The molecule has 3 aromatic carbocycles. The Balaban J connectivity index is 1.17. The number of esters is 1. The molecule has 14 heteroatoms. The molecule has 0 unspecified atom stereocenters. The topological polar surface area (TPSA) is 167 Å². The summed E-state index contributed by atoms with van der Waals surface area (Å²) in [5.74, 6) is 2.59. The number of urea groups is 1. The van der Waals surface area contributed by atoms with Crippen molar-refractivity contribution in [3.63, 3.8) is 0 Å². The maximum Gasteiger partial charge on any atom is 0.337 e. The first-order valence-corrected chi connectivity index (χ1v) is 14.7. The summed E-state index contributed by atoms with van der Waals surface area (Å²) in [4.78, 5) is 24.6. The van der Waals surface area contributed by atoms with Gasteiger partial charge in [-0.1, -0.05) is 12.1 Å². The highest BCUT2D eigenvalue weighted by Gasteiger charge is 2.32. The van der Waals surface area contributed by atoms with Crippen LogP contribution in [-0.4, -0.2) is 63.8 Å². The van der Waals surface area contributed by atoms with Gasteiger partial charge in [0.25, 0.3) is 0 Å². The minimum Gasteiger partial charge on any atom is -0.493 e. The number of hydrogen-bond donors (Lipinski definition) is 4. The van der Waals surface area contributed by atoms with Crippen molar-refractivity contribution < 1.29 is 47.9 Å². The molecule has 0 aliphatic carbocycles. The fraction of sp³-hybridized carbons (Fsp3) is 0.303. The molecule has 248 valence electrons. The molecule has 0 saturated heterocycles. The van der Waals surface area contributed by atoms with Crippen molar-refractivity contribution >= 4 is 18.2 Å². The van der Waals surface area contributed by atoms with Gasteiger partial charge in [-0.15, -0.1) is 0 Å². The lowest BCUT2D eigenvalue weighted by atomic mass is 9.95. The van der Waals surface area contributed by atoms with E-state index in [9.17, 15) is 14.7 Å². The molecule has 2 aliphatic heterocycles. The number of carbonyl (C=O) groups excluding carboxylic acids is 2. The lowest BCUT2D eigenvalue weighted by Gasteiger charge is -2.28. The third-order valence-corrected chi connectivity index (χ3v) is 7.13. The molecule has 4 N–H and O–H groups in total. The standard InChI is InChI=1S/C33H36N4O10/c1-5-43-28-14-22(31-30(32(39)42-4)19(2)35-33(40)36-31)8-11-24(28)45-17-29(38)37-34-15-20-6-9-23(26(12-20)41-3)44-16-21-7-10-25-27(13-21)47-18-46-25/h6-15,29,31,37-38H,5,16-18H2,1-4H3,(H2,35,36,40)/b34-15-/t29-,31+/m1/s1. The summed E-state index contributed by atoms with van der Waals surface area (Å²) in [6.07, 6.45) is 0.363. The lowest BCUT2D eigenvalue weighted by Crippen LogP contribution is -2.45. The van der Waals surface area contributed by atoms with Gasteiger partial charge in [0.15, 0.2) is 40.7 Å². The number of methoxy groups -OCH3 is 2. The Labute approximate surface area is 271 Å². The van der Waals surface area contributed by atoms with Gasteiger partial charge in [0.2, 0.25) is 6.79 Å². The van der Waals surface area contributed by atoms with Crippen LogP contribution in [0.4, 0.5) is 4.79 Å². The number of nitrogens with zero attached hydrogens (tertiary/aromatic N) is 1. The van der Waals surface area contributed by atoms with Crippen molar-refractivity contribution in [2.75, 3.05) is 34.2 Å². The van der Waals surface area contributed by atoms with E-state index in [-0.39, 0.29) is 19.0 Å². The van der Waals surface area contributed by atoms with Gasteiger partial charge in [-0.3, -0.25) is 5.43 Å². The quantitative estimate of drug-likeness (QED) is 0.0874. The molecule has 0 fully saturated rings. The average molecular weight is 649 g/mol. The number of rotatable bonds is 14. The average Bonchev–Trinajstić information content (AvgIpc) is 3.54. The number of allylic oxidation sites excluding steroid dienone is 1. The molecule has 0 saturated carbocycles. The third kappa shape index (κ3) is 7.97. The van der Waals surface area contributed by atoms with Crippen molar-refractivity contribution in [3.8, 4) is 34.5 Å². The summed E-state index contributed by atoms with van der Waals surface area (Å²) in [6, 6.07) is 14.7. The number of hydrazone groups is 1. The second kappa shape index (κ2) is 15.1. The van der Waals surface area contributed by atoms with Gasteiger partial charge in [-0.05, 0) is 73.0 Å². The summed E-state index contributed by atoms with van der Waals surface area (Å²) >= 11 is 0. The molecule has 2 heterocycles. The maximum absolute atomic E-state index is 12.5. The van der Waals surface area contributed by atoms with Crippen LogP contribution in [0.5, 0.6) is 34.5 Å². The number of nitrogens with one attached hydrogen (secondary N) is 3. The SMILES string of the molecule is CCOc1cc([C@@H]2NC(=O)NC(C)=C2C(=O)OC)ccc1OC[C@@H](O)N/N=C\c1ccc(OCc2ccc3c(c2)OCO3)c(OC)c1. The zero-order valence-electron chi connectivity index (χ0n) is 26.3. The number of benzene rings is 3. The van der Waals surface area contributed by atoms with Crippen LogP contribution in [0, 0.1) is 0 Å². The molecule has 0 bridgehead atoms. The highest BCUT2D eigenvalue weighted by Crippen LogP contribution is 2.36. The van der Waals surface area contributed by atoms with Crippen LogP contribution in [0.15, 0.2) is 71.0 Å². The predicted octanol–water partition coefficient (Wildman–Crippen LogP) is 3.52. The molecule has 47 heavy (non-hydrogen) atoms. The monoisotopic (exact) mass is 648 g/mol. The largest absolute Gasteiger partial charge is 0.493 e. The number of fused-ring (bicyclic) bond motifs is 1. The van der Waals surface area contributed by atoms with Crippen molar-refractivity contribution in [2.24, 2.45) is 5.10 Å². The van der Waals surface area contributed by atoms with E-state index in [0.717, 1.165) is 5.56 Å². The fourth-order valence-corrected chi connectivity index (χ4v) is 4.90. The van der Waals surface area contributed by atoms with Crippen LogP contribution in [0.1, 0.15) is 36.6 Å². The van der Waals surface area contributed by atoms with E-state index < -0.39 is 24.3 Å². The zero-order valence-corrected chi connectivity index (χ0v) is 26.3. The first-order valence-electron chi connectivity index (χ1n) is 14.7. The summed E-state index contributed by atoms with van der Waals surface area (Å²) in [7, 11) is 2.82. The van der Waals surface area contributed by atoms with Crippen LogP contribution in [0.3, 0.4) is 0 Å². The van der Waals surface area contributed by atoms with E-state index in [1.54, 1.807) is 50.4 Å². The number of amides is 2. The second-order valence-corrected chi connectivity index (χ2v) is 10.3. The van der Waals surface area contributed by atoms with Gasteiger partial charge in [-0.25, -0.2) is 9.59 Å². The molecule has 2 atom stereocenters. The Morgan fingerprint density at radius 1 is 1.02 bits per heavy atom. The Bertz CT molecular complexity index is 1680. The van der Waals surface area contributed by atoms with Crippen LogP contribution >= 0.6 is 0 Å². The summed E-state index contributed by atoms with van der Waals surface area (Å²) in [5, 5.41) is 19.9. The van der Waals surface area contributed by atoms with E-state index in [1.165, 1.54) is 13.3 Å². The van der Waals surface area contributed by atoms with Crippen LogP contribution in [0.25, 0.3) is 0 Å². The lowest BCUT2D eigenvalue weighted by molar-refractivity contribution is -0.136. The maximum atomic E-state index is 12.5. The second-order valence-electron chi connectivity index (χ2n) is 10.3. The molecule has 2 aliphatic rings. The van der Waals surface area contributed by atoms with Crippen LogP contribution in [-0.2, 0) is 16.1 Å². The number of carbonyl (C=O) groups is 2. The zero-order chi connectivity index (χ0) is 33.3. The smallest absolute Gasteiger partial charge is 0.337 e. The van der Waals surface area contributed by atoms with E-state index in [4.69, 9.17) is 33.2 Å². The number of aliphatic hydroxyl groups is 1. The minimum atomic E-state index is -1.16. The van der Waals surface area contributed by atoms with Crippen LogP contribution in [0.2, 0.25) is 0 Å². The Hall–Kier alpha value is -5.63. The van der Waals surface area contributed by atoms with Crippen molar-refractivity contribution in [2.45, 2.75) is 32.7 Å². The Morgan fingerprint density at radius 3 is 2.60 bits per heavy atom. The molecule has 2 amide bonds. The molecule has 0 aromatic heterocycles. The Morgan fingerprint density at radius 2 is 1.81 bits per heavy atom. The normalized spacial score (nSPS) is 15.9. The van der Waals surface area contributed by atoms with Crippen molar-refractivity contribution in [3.05, 3.63) is 82.6 Å². The van der Waals surface area contributed by atoms with E-state index in [0.29, 0.717) is 64.5 Å². The van der Waals surface area contributed by atoms with Crippen molar-refractivity contribution in [1.82, 2.24) is 16.1 Å². The van der Waals surface area contributed by atoms with E-state index >= 15 is 0 Å². The molecular weight excluding hydrogens is 612 g/mol. The molecular formula is C33H36N4O10. The van der Waals surface area contributed by atoms with Crippen molar-refractivity contribution in [1.29, 1.82) is 0 Å². The van der Waals surface area contributed by atoms with Gasteiger partial charge in [0, 0.05) is 5.70 Å². The van der Waals surface area contributed by atoms with E-state index in [2.05, 4.69) is 21.2 Å². The number of ether oxygens (including phenoxy) is 7. The molecule has 14 nitrogen and oxygen atoms in total. The summed E-state index contributed by atoms with van der Waals surface area (Å²) in [5.41, 5.74) is 5.48. The summed E-state index contributed by atoms with van der Waals surface area (Å²) < 4.78 is 38.7. The molecule has 0 spiro atoms. The first kappa shape index (κ1) is 32.8. The van der Waals surface area contributed by atoms with Gasteiger partial charge in [-0.2, -0.15) is 5.10 Å². The van der Waals surface area contributed by atoms with Gasteiger partial charge in [0.05, 0.1) is 38.7 Å². The predicted molar refractivity (Wildman–Crippen MR) is 169 cm³/mol. The van der Waals surface area contributed by atoms with Gasteiger partial charge >= 0.3 is 12.0 Å². The van der Waals surface area contributed by atoms with Crippen LogP contribution < -0.4 is 44.5 Å². The molecule has 3 aromatic rings. The number of hydrogen-bond acceptors (Lipinski definition) is 12. The van der Waals surface area contributed by atoms with Gasteiger partial charge < -0.3 is 48.9 Å².